The molecule has 1 aliphatic rings. The van der Waals surface area contributed by atoms with Gasteiger partial charge < -0.3 is 9.32 Å². The van der Waals surface area contributed by atoms with E-state index in [1.54, 1.807) is 29.2 Å². The van der Waals surface area contributed by atoms with Crippen molar-refractivity contribution in [2.24, 2.45) is 0 Å². The summed E-state index contributed by atoms with van der Waals surface area (Å²) in [6.07, 6.45) is -4.69. The highest BCUT2D eigenvalue weighted by Gasteiger charge is 2.38. The Morgan fingerprint density at radius 1 is 0.943 bits per heavy atom. The van der Waals surface area contributed by atoms with E-state index in [9.17, 15) is 18.0 Å². The van der Waals surface area contributed by atoms with Crippen LogP contribution in [0.5, 0.6) is 0 Å². The first kappa shape index (κ1) is 24.7. The van der Waals surface area contributed by atoms with Gasteiger partial charge in [-0.25, -0.2) is 4.79 Å². The number of anilines is 1. The Hall–Kier alpha value is -3.40. The third-order valence-electron chi connectivity index (χ3n) is 6.01. The number of urea groups is 1. The maximum absolute atomic E-state index is 13.5. The van der Waals surface area contributed by atoms with Crippen molar-refractivity contribution in [1.29, 1.82) is 0 Å². The van der Waals surface area contributed by atoms with Gasteiger partial charge in [0.15, 0.2) is 0 Å². The summed E-state index contributed by atoms with van der Waals surface area (Å²) in [4.78, 5) is 19.5. The van der Waals surface area contributed by atoms with Crippen LogP contribution in [0.15, 0.2) is 59.0 Å². The van der Waals surface area contributed by atoms with Gasteiger partial charge in [-0.1, -0.05) is 30.3 Å². The summed E-state index contributed by atoms with van der Waals surface area (Å²) < 4.78 is 43.0. The lowest BCUT2D eigenvalue weighted by Crippen LogP contribution is -2.57. The molecular weight excluding hydrogens is 459 g/mol. The highest BCUT2D eigenvalue weighted by molar-refractivity contribution is 5.92. The number of carbonyl (C=O) groups is 1. The Morgan fingerprint density at radius 3 is 2.11 bits per heavy atom. The van der Waals surface area contributed by atoms with E-state index in [4.69, 9.17) is 4.42 Å². The Morgan fingerprint density at radius 2 is 1.57 bits per heavy atom. The Balaban J connectivity index is 1.50. The number of piperazine rings is 1. The summed E-state index contributed by atoms with van der Waals surface area (Å²) in [5.41, 5.74) is 2.00. The molecule has 3 aromatic rings. The predicted molar refractivity (Wildman–Crippen MR) is 126 cm³/mol. The van der Waals surface area contributed by atoms with Crippen molar-refractivity contribution in [3.05, 3.63) is 66.1 Å². The molecule has 0 unspecified atom stereocenters. The molecule has 1 aliphatic heterocycles. The SMILES string of the molecule is CC(C)(C)N1CCN(C(=O)N(Cc2ccc(-c3nnc(C(F)(F)F)o3)cc2)c2ccccc2)CC1. The second-order valence-corrected chi connectivity index (χ2v) is 9.46. The van der Waals surface area contributed by atoms with Crippen LogP contribution in [-0.2, 0) is 12.7 Å². The molecule has 35 heavy (non-hydrogen) atoms. The van der Waals surface area contributed by atoms with Crippen LogP contribution in [0.2, 0.25) is 0 Å². The predicted octanol–water partition coefficient (Wildman–Crippen LogP) is 5.30. The summed E-state index contributed by atoms with van der Waals surface area (Å²) in [6, 6.07) is 16.0. The van der Waals surface area contributed by atoms with E-state index < -0.39 is 12.1 Å². The highest BCUT2D eigenvalue weighted by Crippen LogP contribution is 2.30. The van der Waals surface area contributed by atoms with Gasteiger partial charge in [0.1, 0.15) is 0 Å². The largest absolute Gasteiger partial charge is 0.470 e. The Kier molecular flexibility index (Phi) is 6.84. The number of para-hydroxylation sites is 1. The molecule has 1 saturated heterocycles. The van der Waals surface area contributed by atoms with E-state index >= 15 is 0 Å². The molecule has 186 valence electrons. The zero-order chi connectivity index (χ0) is 25.2. The van der Waals surface area contributed by atoms with E-state index in [0.29, 0.717) is 25.2 Å². The lowest BCUT2D eigenvalue weighted by atomic mass is 10.1. The molecule has 0 N–H and O–H groups in total. The second kappa shape index (κ2) is 9.69. The molecule has 0 atom stereocenters. The summed E-state index contributed by atoms with van der Waals surface area (Å²) >= 11 is 0. The minimum atomic E-state index is -4.69. The number of hydrogen-bond donors (Lipinski definition) is 0. The van der Waals surface area contributed by atoms with Gasteiger partial charge in [0.05, 0.1) is 6.54 Å². The van der Waals surface area contributed by atoms with Crippen molar-refractivity contribution in [3.63, 3.8) is 0 Å². The van der Waals surface area contributed by atoms with Crippen LogP contribution < -0.4 is 4.90 Å². The van der Waals surface area contributed by atoms with Crippen LogP contribution in [0.3, 0.4) is 0 Å². The van der Waals surface area contributed by atoms with Gasteiger partial charge in [0.25, 0.3) is 0 Å². The lowest BCUT2D eigenvalue weighted by molar-refractivity contribution is -0.156. The van der Waals surface area contributed by atoms with Crippen molar-refractivity contribution in [3.8, 4) is 11.5 Å². The van der Waals surface area contributed by atoms with Gasteiger partial charge in [-0.15, -0.1) is 10.2 Å². The monoisotopic (exact) mass is 487 g/mol. The molecule has 0 radical (unpaired) electrons. The Labute approximate surface area is 202 Å². The van der Waals surface area contributed by atoms with Crippen molar-refractivity contribution in [2.75, 3.05) is 31.1 Å². The smallest absolute Gasteiger partial charge is 0.413 e. The lowest BCUT2D eigenvalue weighted by Gasteiger charge is -2.43. The third kappa shape index (κ3) is 5.82. The molecule has 4 rings (SSSR count). The molecule has 1 fully saturated rings. The van der Waals surface area contributed by atoms with Crippen molar-refractivity contribution in [1.82, 2.24) is 20.0 Å². The number of benzene rings is 2. The standard InChI is InChI=1S/C25H28F3N5O2/c1-24(2,3)32-15-13-31(14-16-32)23(34)33(20-7-5-4-6-8-20)17-18-9-11-19(12-10-18)21-29-30-22(35-21)25(26,27)28/h4-12H,13-17H2,1-3H3. The van der Waals surface area contributed by atoms with Crippen LogP contribution in [0, 0.1) is 0 Å². The maximum atomic E-state index is 13.5. The number of aromatic nitrogens is 2. The van der Waals surface area contributed by atoms with E-state index in [2.05, 4.69) is 35.9 Å². The van der Waals surface area contributed by atoms with E-state index in [0.717, 1.165) is 24.3 Å². The van der Waals surface area contributed by atoms with Gasteiger partial charge >= 0.3 is 18.1 Å². The fourth-order valence-electron chi connectivity index (χ4n) is 4.01. The molecule has 2 amide bonds. The Bertz CT molecular complexity index is 1130. The molecule has 1 aromatic heterocycles. The van der Waals surface area contributed by atoms with Crippen LogP contribution >= 0.6 is 0 Å². The van der Waals surface area contributed by atoms with Gasteiger partial charge in [0, 0.05) is 43.0 Å². The van der Waals surface area contributed by atoms with Gasteiger partial charge in [-0.3, -0.25) is 9.80 Å². The molecule has 2 heterocycles. The average molecular weight is 488 g/mol. The van der Waals surface area contributed by atoms with Gasteiger partial charge in [-0.05, 0) is 50.6 Å². The minimum absolute atomic E-state index is 0.0508. The molecule has 0 bridgehead atoms. The zero-order valence-corrected chi connectivity index (χ0v) is 19.9. The van der Waals surface area contributed by atoms with E-state index in [1.807, 2.05) is 35.2 Å². The molecule has 7 nitrogen and oxygen atoms in total. The second-order valence-electron chi connectivity index (χ2n) is 9.46. The summed E-state index contributed by atoms with van der Waals surface area (Å²) in [6.45, 7) is 9.69. The molecule has 2 aromatic carbocycles. The van der Waals surface area contributed by atoms with Crippen LogP contribution in [-0.4, -0.2) is 57.7 Å². The minimum Gasteiger partial charge on any atom is -0.413 e. The number of nitrogens with zero attached hydrogens (tertiary/aromatic N) is 5. The van der Waals surface area contributed by atoms with Crippen molar-refractivity contribution < 1.29 is 22.4 Å². The van der Waals surface area contributed by atoms with Gasteiger partial charge in [-0.2, -0.15) is 13.2 Å². The number of halogens is 3. The number of rotatable bonds is 4. The van der Waals surface area contributed by atoms with Crippen molar-refractivity contribution >= 4 is 11.7 Å². The number of amides is 2. The fourth-order valence-corrected chi connectivity index (χ4v) is 4.01. The molecule has 10 heteroatoms. The van der Waals surface area contributed by atoms with Gasteiger partial charge in [0.2, 0.25) is 5.89 Å². The topological polar surface area (TPSA) is 65.7 Å². The van der Waals surface area contributed by atoms with E-state index in [1.165, 1.54) is 0 Å². The fraction of sp³-hybridized carbons (Fsp3) is 0.400. The first-order valence-electron chi connectivity index (χ1n) is 11.4. The summed E-state index contributed by atoms with van der Waals surface area (Å²) in [7, 11) is 0. The van der Waals surface area contributed by atoms with Crippen LogP contribution in [0.25, 0.3) is 11.5 Å². The number of hydrogen-bond acceptors (Lipinski definition) is 5. The van der Waals surface area contributed by atoms with Crippen molar-refractivity contribution in [2.45, 2.75) is 39.0 Å². The summed E-state index contributed by atoms with van der Waals surface area (Å²) in [5, 5.41) is 6.56. The molecule has 0 saturated carbocycles. The highest BCUT2D eigenvalue weighted by atomic mass is 19.4. The maximum Gasteiger partial charge on any atom is 0.470 e. The number of alkyl halides is 3. The third-order valence-corrected chi connectivity index (χ3v) is 6.01. The van der Waals surface area contributed by atoms with Crippen LogP contribution in [0.4, 0.5) is 23.7 Å². The quantitative estimate of drug-likeness (QED) is 0.500. The molecule has 0 aliphatic carbocycles. The molecule has 0 spiro atoms. The van der Waals surface area contributed by atoms with E-state index in [-0.39, 0.29) is 17.5 Å². The first-order valence-corrected chi connectivity index (χ1v) is 11.4. The normalized spacial score (nSPS) is 15.3. The molecular formula is C25H28F3N5O2. The zero-order valence-electron chi connectivity index (χ0n) is 19.9. The number of carbonyl (C=O) groups excluding carboxylic acids is 1. The van der Waals surface area contributed by atoms with Crippen LogP contribution in [0.1, 0.15) is 32.2 Å². The average Bonchev–Trinajstić information content (AvgIpc) is 3.34. The first-order chi connectivity index (χ1) is 16.5. The summed E-state index contributed by atoms with van der Waals surface area (Å²) in [5.74, 6) is -1.60.